The molecule has 5 heteroatoms. The van der Waals surface area contributed by atoms with Crippen molar-refractivity contribution in [3.05, 3.63) is 58.1 Å². The Morgan fingerprint density at radius 3 is 2.75 bits per heavy atom. The van der Waals surface area contributed by atoms with Crippen molar-refractivity contribution in [1.29, 1.82) is 0 Å². The van der Waals surface area contributed by atoms with Crippen LogP contribution in [0.15, 0.2) is 41.1 Å². The highest BCUT2D eigenvalue weighted by atomic mass is 79.9. The second kappa shape index (κ2) is 6.33. The molecule has 0 amide bonds. The average Bonchev–Trinajstić information content (AvgIpc) is 2.41. The molecule has 0 radical (unpaired) electrons. The van der Waals surface area contributed by atoms with E-state index in [4.69, 9.17) is 10.5 Å². The van der Waals surface area contributed by atoms with E-state index < -0.39 is 6.04 Å². The van der Waals surface area contributed by atoms with Crippen LogP contribution in [0.1, 0.15) is 31.0 Å². The lowest BCUT2D eigenvalue weighted by Gasteiger charge is -2.16. The summed E-state index contributed by atoms with van der Waals surface area (Å²) in [5.74, 6) is 0.320. The second-order valence-corrected chi connectivity index (χ2v) is 5.53. The first-order chi connectivity index (χ1) is 9.49. The molecule has 0 bridgehead atoms. The van der Waals surface area contributed by atoms with Gasteiger partial charge < -0.3 is 10.5 Å². The molecule has 1 aromatic heterocycles. The molecular weight excluding hydrogens is 323 g/mol. The predicted octanol–water partition coefficient (Wildman–Crippen LogP) is 3.82. The summed E-state index contributed by atoms with van der Waals surface area (Å²) in [6.07, 6.45) is 3.36. The number of halogens is 2. The van der Waals surface area contributed by atoms with Crippen LogP contribution < -0.4 is 10.5 Å². The summed E-state index contributed by atoms with van der Waals surface area (Å²) < 4.78 is 19.5. The largest absolute Gasteiger partial charge is 0.489 e. The van der Waals surface area contributed by atoms with Crippen LogP contribution in [0.5, 0.6) is 5.75 Å². The van der Waals surface area contributed by atoms with Gasteiger partial charge in [-0.05, 0) is 53.0 Å². The number of benzene rings is 1. The Labute approximate surface area is 126 Å². The molecule has 2 N–H and O–H groups in total. The van der Waals surface area contributed by atoms with Crippen molar-refractivity contribution in [3.63, 3.8) is 0 Å². The summed E-state index contributed by atoms with van der Waals surface area (Å²) in [4.78, 5) is 4.12. The molecule has 1 heterocycles. The first kappa shape index (κ1) is 14.9. The van der Waals surface area contributed by atoms with Crippen molar-refractivity contribution in [2.24, 2.45) is 5.73 Å². The zero-order chi connectivity index (χ0) is 14.7. The van der Waals surface area contributed by atoms with E-state index in [0.717, 1.165) is 5.56 Å². The fourth-order valence-electron chi connectivity index (χ4n) is 1.88. The molecule has 3 nitrogen and oxygen atoms in total. The minimum absolute atomic E-state index is 0.0594. The van der Waals surface area contributed by atoms with Crippen LogP contribution in [0.3, 0.4) is 0 Å². The third kappa shape index (κ3) is 3.35. The molecule has 0 aliphatic rings. The van der Waals surface area contributed by atoms with Crippen LogP contribution in [0.4, 0.5) is 4.39 Å². The Morgan fingerprint density at radius 2 is 2.05 bits per heavy atom. The lowest BCUT2D eigenvalue weighted by atomic mass is 10.0. The molecule has 2 aromatic rings. The maximum atomic E-state index is 13.6. The Balaban J connectivity index is 2.33. The molecule has 1 atom stereocenters. The van der Waals surface area contributed by atoms with Gasteiger partial charge in [0.25, 0.3) is 0 Å². The number of pyridine rings is 1. The molecule has 0 saturated heterocycles. The van der Waals surface area contributed by atoms with E-state index in [1.165, 1.54) is 6.07 Å². The number of hydrogen-bond donors (Lipinski definition) is 1. The maximum absolute atomic E-state index is 13.6. The SMILES string of the molecule is CC(C)Oc1cncc(C(N)c2cccc(F)c2Br)c1. The van der Waals surface area contributed by atoms with E-state index in [1.54, 1.807) is 24.5 Å². The van der Waals surface area contributed by atoms with Crippen molar-refractivity contribution in [1.82, 2.24) is 4.98 Å². The zero-order valence-electron chi connectivity index (χ0n) is 11.3. The van der Waals surface area contributed by atoms with E-state index in [0.29, 0.717) is 15.8 Å². The molecule has 0 saturated carbocycles. The Morgan fingerprint density at radius 1 is 1.30 bits per heavy atom. The van der Waals surface area contributed by atoms with E-state index in [-0.39, 0.29) is 11.9 Å². The third-order valence-corrected chi connectivity index (χ3v) is 3.62. The first-order valence-electron chi connectivity index (χ1n) is 6.30. The van der Waals surface area contributed by atoms with E-state index in [2.05, 4.69) is 20.9 Å². The smallest absolute Gasteiger partial charge is 0.138 e. The Hall–Kier alpha value is -1.46. The van der Waals surface area contributed by atoms with Crippen LogP contribution in [0, 0.1) is 5.82 Å². The lowest BCUT2D eigenvalue weighted by molar-refractivity contribution is 0.241. The summed E-state index contributed by atoms with van der Waals surface area (Å²) in [7, 11) is 0. The molecule has 20 heavy (non-hydrogen) atoms. The van der Waals surface area contributed by atoms with Crippen molar-refractivity contribution in [2.45, 2.75) is 26.0 Å². The van der Waals surface area contributed by atoms with Gasteiger partial charge in [0.15, 0.2) is 0 Å². The van der Waals surface area contributed by atoms with Gasteiger partial charge in [-0.2, -0.15) is 0 Å². The van der Waals surface area contributed by atoms with Gasteiger partial charge in [0.05, 0.1) is 22.8 Å². The first-order valence-corrected chi connectivity index (χ1v) is 7.09. The normalized spacial score (nSPS) is 12.5. The number of aromatic nitrogens is 1. The van der Waals surface area contributed by atoms with Gasteiger partial charge in [0.2, 0.25) is 0 Å². The fourth-order valence-corrected chi connectivity index (χ4v) is 2.39. The van der Waals surface area contributed by atoms with Crippen molar-refractivity contribution in [3.8, 4) is 5.75 Å². The van der Waals surface area contributed by atoms with Gasteiger partial charge >= 0.3 is 0 Å². The highest BCUT2D eigenvalue weighted by Gasteiger charge is 2.15. The van der Waals surface area contributed by atoms with Crippen molar-refractivity contribution < 1.29 is 9.13 Å². The Bertz CT molecular complexity index is 604. The number of hydrogen-bond acceptors (Lipinski definition) is 3. The lowest BCUT2D eigenvalue weighted by Crippen LogP contribution is -2.14. The summed E-state index contributed by atoms with van der Waals surface area (Å²) in [5.41, 5.74) is 7.64. The molecule has 1 unspecified atom stereocenters. The second-order valence-electron chi connectivity index (χ2n) is 4.74. The zero-order valence-corrected chi connectivity index (χ0v) is 12.9. The van der Waals surface area contributed by atoms with Crippen LogP contribution in [0.25, 0.3) is 0 Å². The molecule has 106 valence electrons. The van der Waals surface area contributed by atoms with Gasteiger partial charge in [0, 0.05) is 6.20 Å². The number of rotatable bonds is 4. The maximum Gasteiger partial charge on any atom is 0.138 e. The standard InChI is InChI=1S/C15H16BrFN2O/c1-9(2)20-11-6-10(7-19-8-11)15(18)12-4-3-5-13(17)14(12)16/h3-9,15H,18H2,1-2H3. The summed E-state index contributed by atoms with van der Waals surface area (Å²) in [6, 6.07) is 6.17. The Kier molecular flexibility index (Phi) is 4.73. The molecular formula is C15H16BrFN2O. The molecule has 0 aliphatic carbocycles. The minimum Gasteiger partial charge on any atom is -0.489 e. The summed E-state index contributed by atoms with van der Waals surface area (Å²) >= 11 is 3.23. The van der Waals surface area contributed by atoms with E-state index >= 15 is 0 Å². The van der Waals surface area contributed by atoms with Gasteiger partial charge in [-0.25, -0.2) is 4.39 Å². The molecule has 0 aliphatic heterocycles. The van der Waals surface area contributed by atoms with Gasteiger partial charge in [0.1, 0.15) is 11.6 Å². The monoisotopic (exact) mass is 338 g/mol. The van der Waals surface area contributed by atoms with Gasteiger partial charge in [-0.15, -0.1) is 0 Å². The third-order valence-electron chi connectivity index (χ3n) is 2.78. The van der Waals surface area contributed by atoms with Crippen LogP contribution in [-0.4, -0.2) is 11.1 Å². The number of ether oxygens (including phenoxy) is 1. The van der Waals surface area contributed by atoms with E-state index in [1.807, 2.05) is 19.9 Å². The number of nitrogens with zero attached hydrogens (tertiary/aromatic N) is 1. The highest BCUT2D eigenvalue weighted by molar-refractivity contribution is 9.10. The molecule has 0 fully saturated rings. The summed E-state index contributed by atoms with van der Waals surface area (Å²) in [5, 5.41) is 0. The topological polar surface area (TPSA) is 48.1 Å². The van der Waals surface area contributed by atoms with E-state index in [9.17, 15) is 4.39 Å². The molecule has 2 rings (SSSR count). The fraction of sp³-hybridized carbons (Fsp3) is 0.267. The highest BCUT2D eigenvalue weighted by Crippen LogP contribution is 2.29. The number of nitrogens with two attached hydrogens (primary N) is 1. The quantitative estimate of drug-likeness (QED) is 0.921. The van der Waals surface area contributed by atoms with Gasteiger partial charge in [-0.1, -0.05) is 12.1 Å². The van der Waals surface area contributed by atoms with Gasteiger partial charge in [-0.3, -0.25) is 4.98 Å². The average molecular weight is 339 g/mol. The van der Waals surface area contributed by atoms with Crippen molar-refractivity contribution >= 4 is 15.9 Å². The van der Waals surface area contributed by atoms with Crippen LogP contribution >= 0.6 is 15.9 Å². The van der Waals surface area contributed by atoms with Crippen LogP contribution in [-0.2, 0) is 0 Å². The van der Waals surface area contributed by atoms with Crippen LogP contribution in [0.2, 0.25) is 0 Å². The minimum atomic E-state index is -0.469. The van der Waals surface area contributed by atoms with Crippen molar-refractivity contribution in [2.75, 3.05) is 0 Å². The predicted molar refractivity (Wildman–Crippen MR) is 80.1 cm³/mol. The summed E-state index contributed by atoms with van der Waals surface area (Å²) in [6.45, 7) is 3.88. The molecule has 1 aromatic carbocycles. The molecule has 0 spiro atoms.